The Balaban J connectivity index is 1.65. The van der Waals surface area contributed by atoms with Crippen molar-refractivity contribution in [2.24, 2.45) is 4.99 Å². The van der Waals surface area contributed by atoms with Crippen LogP contribution in [-0.2, 0) is 13.0 Å². The van der Waals surface area contributed by atoms with Crippen molar-refractivity contribution >= 4 is 5.96 Å². The van der Waals surface area contributed by atoms with E-state index in [0.29, 0.717) is 0 Å². The largest absolute Gasteiger partial charge is 0.469 e. The van der Waals surface area contributed by atoms with Crippen LogP contribution in [-0.4, -0.2) is 44.1 Å². The molecule has 2 N–H and O–H groups in total. The van der Waals surface area contributed by atoms with Gasteiger partial charge < -0.3 is 20.0 Å². The molecule has 1 aromatic heterocycles. The van der Waals surface area contributed by atoms with Crippen LogP contribution in [0.1, 0.15) is 24.7 Å². The predicted molar refractivity (Wildman–Crippen MR) is 104 cm³/mol. The van der Waals surface area contributed by atoms with Gasteiger partial charge in [0, 0.05) is 32.6 Å². The topological polar surface area (TPSA) is 52.8 Å². The Bertz CT molecular complexity index is 595. The predicted octanol–water partition coefficient (Wildman–Crippen LogP) is 2.90. The highest BCUT2D eigenvalue weighted by molar-refractivity contribution is 5.79. The summed E-state index contributed by atoms with van der Waals surface area (Å²) in [6, 6.07) is 14.5. The quantitative estimate of drug-likeness (QED) is 0.396. The number of hydrogen-bond acceptors (Lipinski definition) is 3. The van der Waals surface area contributed by atoms with Crippen molar-refractivity contribution in [1.82, 2.24) is 15.5 Å². The van der Waals surface area contributed by atoms with E-state index in [1.807, 2.05) is 12.1 Å². The van der Waals surface area contributed by atoms with Gasteiger partial charge in [-0.25, -0.2) is 0 Å². The Hall–Kier alpha value is -2.27. The zero-order valence-corrected chi connectivity index (χ0v) is 15.4. The maximum Gasteiger partial charge on any atom is 0.191 e. The molecular weight excluding hydrogens is 312 g/mol. The van der Waals surface area contributed by atoms with Gasteiger partial charge in [-0.15, -0.1) is 0 Å². The molecule has 0 amide bonds. The van der Waals surface area contributed by atoms with Gasteiger partial charge >= 0.3 is 0 Å². The van der Waals surface area contributed by atoms with Gasteiger partial charge in [-0.3, -0.25) is 4.99 Å². The second kappa shape index (κ2) is 11.3. The van der Waals surface area contributed by atoms with E-state index >= 15 is 0 Å². The van der Waals surface area contributed by atoms with E-state index in [2.05, 4.69) is 64.8 Å². The second-order valence-corrected chi connectivity index (χ2v) is 6.09. The summed E-state index contributed by atoms with van der Waals surface area (Å²) in [6.45, 7) is 6.58. The summed E-state index contributed by atoms with van der Waals surface area (Å²) in [4.78, 5) is 6.98. The molecule has 0 aliphatic carbocycles. The van der Waals surface area contributed by atoms with Gasteiger partial charge in [0.1, 0.15) is 5.76 Å². The first-order valence-electron chi connectivity index (χ1n) is 9.05. The van der Waals surface area contributed by atoms with E-state index in [9.17, 15) is 0 Å². The molecule has 2 aromatic rings. The van der Waals surface area contributed by atoms with Gasteiger partial charge in [-0.05, 0) is 44.6 Å². The lowest BCUT2D eigenvalue weighted by Gasteiger charge is -2.16. The Morgan fingerprint density at radius 2 is 1.96 bits per heavy atom. The van der Waals surface area contributed by atoms with Crippen LogP contribution >= 0.6 is 0 Å². The number of furan rings is 1. The fourth-order valence-corrected chi connectivity index (χ4v) is 2.61. The summed E-state index contributed by atoms with van der Waals surface area (Å²) in [5.41, 5.74) is 1.35. The van der Waals surface area contributed by atoms with Crippen LogP contribution in [0.25, 0.3) is 0 Å². The van der Waals surface area contributed by atoms with Crippen LogP contribution in [0.2, 0.25) is 0 Å². The minimum Gasteiger partial charge on any atom is -0.469 e. The van der Waals surface area contributed by atoms with Crippen LogP contribution in [0.3, 0.4) is 0 Å². The Kier molecular flexibility index (Phi) is 8.63. The van der Waals surface area contributed by atoms with Crippen LogP contribution in [0.15, 0.2) is 58.1 Å². The van der Waals surface area contributed by atoms with Crippen molar-refractivity contribution < 1.29 is 4.42 Å². The normalized spacial score (nSPS) is 11.7. The fraction of sp³-hybridized carbons (Fsp3) is 0.450. The highest BCUT2D eigenvalue weighted by Gasteiger charge is 2.01. The molecule has 0 aliphatic rings. The highest BCUT2D eigenvalue weighted by atomic mass is 16.3. The lowest BCUT2D eigenvalue weighted by molar-refractivity contribution is 0.324. The van der Waals surface area contributed by atoms with Gasteiger partial charge in [-0.1, -0.05) is 30.3 Å². The first-order chi connectivity index (χ1) is 12.3. The summed E-state index contributed by atoms with van der Waals surface area (Å²) in [6.07, 6.45) is 3.61. The fourth-order valence-electron chi connectivity index (χ4n) is 2.61. The molecule has 0 aliphatic heterocycles. The zero-order valence-electron chi connectivity index (χ0n) is 15.4. The third kappa shape index (κ3) is 7.90. The molecule has 2 rings (SSSR count). The average Bonchev–Trinajstić information content (AvgIpc) is 3.13. The number of hydrogen-bond donors (Lipinski definition) is 2. The van der Waals surface area contributed by atoms with Crippen molar-refractivity contribution in [2.75, 3.05) is 33.2 Å². The first-order valence-corrected chi connectivity index (χ1v) is 9.05. The van der Waals surface area contributed by atoms with Gasteiger partial charge in [0.2, 0.25) is 0 Å². The standard InChI is InChI=1S/C20H30N4O/c1-3-21-20(23-14-12-19-11-7-16-25-19)22-13-8-15-24(2)17-18-9-5-4-6-10-18/h4-7,9-11,16H,3,8,12-15,17H2,1-2H3,(H2,21,22,23). The lowest BCUT2D eigenvalue weighted by Crippen LogP contribution is -2.38. The number of nitrogens with one attached hydrogen (secondary N) is 2. The maximum atomic E-state index is 5.34. The van der Waals surface area contributed by atoms with E-state index in [0.717, 1.165) is 57.3 Å². The smallest absolute Gasteiger partial charge is 0.191 e. The van der Waals surface area contributed by atoms with Gasteiger partial charge in [-0.2, -0.15) is 0 Å². The van der Waals surface area contributed by atoms with Crippen molar-refractivity contribution in [3.05, 3.63) is 60.1 Å². The van der Waals surface area contributed by atoms with E-state index < -0.39 is 0 Å². The number of benzene rings is 1. The number of aliphatic imine (C=N–C) groups is 1. The average molecular weight is 342 g/mol. The molecule has 0 spiro atoms. The molecule has 0 saturated heterocycles. The van der Waals surface area contributed by atoms with Gasteiger partial charge in [0.25, 0.3) is 0 Å². The Morgan fingerprint density at radius 3 is 2.68 bits per heavy atom. The SMILES string of the molecule is CCNC(=NCCCN(C)Cc1ccccc1)NCCc1ccco1. The first kappa shape index (κ1) is 19.1. The van der Waals surface area contributed by atoms with Crippen molar-refractivity contribution in [1.29, 1.82) is 0 Å². The monoisotopic (exact) mass is 342 g/mol. The summed E-state index contributed by atoms with van der Waals surface area (Å²) < 4.78 is 5.34. The highest BCUT2D eigenvalue weighted by Crippen LogP contribution is 2.03. The summed E-state index contributed by atoms with van der Waals surface area (Å²) >= 11 is 0. The molecule has 25 heavy (non-hydrogen) atoms. The van der Waals surface area contributed by atoms with E-state index in [4.69, 9.17) is 4.42 Å². The third-order valence-corrected chi connectivity index (χ3v) is 3.85. The van der Waals surface area contributed by atoms with Crippen molar-refractivity contribution in [3.8, 4) is 0 Å². The molecule has 0 fully saturated rings. The minimum atomic E-state index is 0.813. The summed E-state index contributed by atoms with van der Waals surface area (Å²) in [5.74, 6) is 1.87. The molecule has 0 radical (unpaired) electrons. The third-order valence-electron chi connectivity index (χ3n) is 3.85. The molecular formula is C20H30N4O. The maximum absolute atomic E-state index is 5.34. The molecule has 0 unspecified atom stereocenters. The molecule has 0 bridgehead atoms. The Morgan fingerprint density at radius 1 is 1.12 bits per heavy atom. The zero-order chi connectivity index (χ0) is 17.7. The van der Waals surface area contributed by atoms with Crippen LogP contribution in [0.4, 0.5) is 0 Å². The van der Waals surface area contributed by atoms with Gasteiger partial charge in [0.15, 0.2) is 5.96 Å². The molecule has 0 atom stereocenters. The van der Waals surface area contributed by atoms with Crippen LogP contribution in [0, 0.1) is 0 Å². The summed E-state index contributed by atoms with van der Waals surface area (Å²) in [5, 5.41) is 6.64. The summed E-state index contributed by atoms with van der Waals surface area (Å²) in [7, 11) is 2.16. The number of rotatable bonds is 10. The van der Waals surface area contributed by atoms with E-state index in [1.54, 1.807) is 6.26 Å². The lowest BCUT2D eigenvalue weighted by atomic mass is 10.2. The number of guanidine groups is 1. The number of nitrogens with zero attached hydrogens (tertiary/aromatic N) is 2. The van der Waals surface area contributed by atoms with E-state index in [1.165, 1.54) is 5.56 Å². The molecule has 5 heteroatoms. The van der Waals surface area contributed by atoms with Crippen molar-refractivity contribution in [2.45, 2.75) is 26.3 Å². The molecule has 5 nitrogen and oxygen atoms in total. The molecule has 0 saturated carbocycles. The second-order valence-electron chi connectivity index (χ2n) is 6.09. The molecule has 136 valence electrons. The molecule has 1 heterocycles. The minimum absolute atomic E-state index is 0.813. The molecule has 1 aromatic carbocycles. The van der Waals surface area contributed by atoms with Crippen LogP contribution < -0.4 is 10.6 Å². The van der Waals surface area contributed by atoms with Gasteiger partial charge in [0.05, 0.1) is 6.26 Å². The van der Waals surface area contributed by atoms with Crippen LogP contribution in [0.5, 0.6) is 0 Å². The van der Waals surface area contributed by atoms with E-state index in [-0.39, 0.29) is 0 Å². The Labute approximate surface area is 151 Å². The van der Waals surface area contributed by atoms with Crippen molar-refractivity contribution in [3.63, 3.8) is 0 Å².